The van der Waals surface area contributed by atoms with E-state index in [0.717, 1.165) is 35.9 Å². The number of amides is 1. The number of ether oxygens (including phenoxy) is 1. The van der Waals surface area contributed by atoms with Crippen molar-refractivity contribution in [2.24, 2.45) is 0 Å². The minimum Gasteiger partial charge on any atom is -0.376 e. The van der Waals surface area contributed by atoms with Gasteiger partial charge in [-0.05, 0) is 36.6 Å². The van der Waals surface area contributed by atoms with Crippen molar-refractivity contribution in [3.63, 3.8) is 0 Å². The van der Waals surface area contributed by atoms with E-state index < -0.39 is 0 Å². The smallest absolute Gasteiger partial charge is 0.272 e. The molecule has 5 nitrogen and oxygen atoms in total. The van der Waals surface area contributed by atoms with Gasteiger partial charge in [-0.3, -0.25) is 9.78 Å². The molecule has 2 aromatic heterocycles. The van der Waals surface area contributed by atoms with Gasteiger partial charge in [0.05, 0.1) is 11.6 Å². The summed E-state index contributed by atoms with van der Waals surface area (Å²) in [6.45, 7) is 1.84. The Morgan fingerprint density at radius 3 is 2.88 bits per heavy atom. The van der Waals surface area contributed by atoms with Crippen LogP contribution in [-0.2, 0) is 11.3 Å². The first-order valence-electron chi connectivity index (χ1n) is 8.95. The van der Waals surface area contributed by atoms with Crippen molar-refractivity contribution < 1.29 is 9.53 Å². The minimum absolute atomic E-state index is 0.0740. The second-order valence-electron chi connectivity index (χ2n) is 6.57. The SMILES string of the molecule is O=C(c1ccc2ccccc2n1)N(Cc1cccnc1)CC1CCCO1. The molecule has 3 aromatic rings. The van der Waals surface area contributed by atoms with Crippen molar-refractivity contribution in [2.45, 2.75) is 25.5 Å². The van der Waals surface area contributed by atoms with Crippen LogP contribution in [0.4, 0.5) is 0 Å². The number of para-hydroxylation sites is 1. The van der Waals surface area contributed by atoms with Crippen molar-refractivity contribution in [1.82, 2.24) is 14.9 Å². The van der Waals surface area contributed by atoms with E-state index in [4.69, 9.17) is 4.74 Å². The number of carbonyl (C=O) groups excluding carboxylic acids is 1. The van der Waals surface area contributed by atoms with Crippen LogP contribution < -0.4 is 0 Å². The van der Waals surface area contributed by atoms with Gasteiger partial charge in [-0.15, -0.1) is 0 Å². The van der Waals surface area contributed by atoms with E-state index in [-0.39, 0.29) is 12.0 Å². The molecule has 5 heteroatoms. The highest BCUT2D eigenvalue weighted by atomic mass is 16.5. The fraction of sp³-hybridized carbons (Fsp3) is 0.286. The predicted octanol–water partition coefficient (Wildman–Crippen LogP) is 3.45. The van der Waals surface area contributed by atoms with Crippen LogP contribution in [0.5, 0.6) is 0 Å². The second-order valence-corrected chi connectivity index (χ2v) is 6.57. The first kappa shape index (κ1) is 16.7. The Morgan fingerprint density at radius 1 is 1.15 bits per heavy atom. The molecule has 1 aliphatic heterocycles. The summed E-state index contributed by atoms with van der Waals surface area (Å²) in [4.78, 5) is 23.7. The monoisotopic (exact) mass is 347 g/mol. The Labute approximate surface area is 152 Å². The Kier molecular flexibility index (Phi) is 4.88. The van der Waals surface area contributed by atoms with E-state index in [1.54, 1.807) is 18.5 Å². The van der Waals surface area contributed by atoms with E-state index in [9.17, 15) is 4.79 Å². The Bertz CT molecular complexity index is 892. The molecule has 0 N–H and O–H groups in total. The van der Waals surface area contributed by atoms with Crippen molar-refractivity contribution in [1.29, 1.82) is 0 Å². The van der Waals surface area contributed by atoms with Crippen LogP contribution in [-0.4, -0.2) is 40.0 Å². The third kappa shape index (κ3) is 3.73. The summed E-state index contributed by atoms with van der Waals surface area (Å²) >= 11 is 0. The highest BCUT2D eigenvalue weighted by Crippen LogP contribution is 2.18. The molecule has 3 heterocycles. The molecule has 132 valence electrons. The van der Waals surface area contributed by atoms with Gasteiger partial charge in [0.1, 0.15) is 5.69 Å². The molecular weight excluding hydrogens is 326 g/mol. The molecule has 1 unspecified atom stereocenters. The van der Waals surface area contributed by atoms with E-state index in [1.807, 2.05) is 47.4 Å². The Balaban J connectivity index is 1.60. The third-order valence-electron chi connectivity index (χ3n) is 4.65. The summed E-state index contributed by atoms with van der Waals surface area (Å²) < 4.78 is 5.75. The number of benzene rings is 1. The lowest BCUT2D eigenvalue weighted by atomic mass is 10.1. The highest BCUT2D eigenvalue weighted by molar-refractivity contribution is 5.94. The summed E-state index contributed by atoms with van der Waals surface area (Å²) in [5.41, 5.74) is 2.29. The van der Waals surface area contributed by atoms with Gasteiger partial charge in [0.15, 0.2) is 0 Å². The maximum absolute atomic E-state index is 13.2. The van der Waals surface area contributed by atoms with Crippen LogP contribution in [0.15, 0.2) is 60.9 Å². The fourth-order valence-electron chi connectivity index (χ4n) is 3.31. The molecule has 0 aliphatic carbocycles. The van der Waals surface area contributed by atoms with E-state index in [2.05, 4.69) is 9.97 Å². The number of hydrogen-bond acceptors (Lipinski definition) is 4. The quantitative estimate of drug-likeness (QED) is 0.709. The molecule has 1 atom stereocenters. The van der Waals surface area contributed by atoms with Gasteiger partial charge < -0.3 is 9.64 Å². The summed E-state index contributed by atoms with van der Waals surface area (Å²) in [5, 5.41) is 1.03. The second kappa shape index (κ2) is 7.62. The molecule has 1 fully saturated rings. The first-order valence-corrected chi connectivity index (χ1v) is 8.95. The normalized spacial score (nSPS) is 16.7. The molecule has 1 saturated heterocycles. The number of fused-ring (bicyclic) bond motifs is 1. The zero-order valence-electron chi connectivity index (χ0n) is 14.5. The lowest BCUT2D eigenvalue weighted by Gasteiger charge is -2.25. The van der Waals surface area contributed by atoms with Crippen LogP contribution >= 0.6 is 0 Å². The number of carbonyl (C=O) groups is 1. The average Bonchev–Trinajstić information content (AvgIpc) is 3.20. The zero-order valence-corrected chi connectivity index (χ0v) is 14.5. The summed E-state index contributed by atoms with van der Waals surface area (Å²) in [6, 6.07) is 15.4. The van der Waals surface area contributed by atoms with E-state index in [0.29, 0.717) is 18.8 Å². The molecule has 26 heavy (non-hydrogen) atoms. The van der Waals surface area contributed by atoms with Gasteiger partial charge >= 0.3 is 0 Å². The first-order chi connectivity index (χ1) is 12.8. The standard InChI is InChI=1S/C21H21N3O2/c25-21(20-10-9-17-6-1-2-8-19(17)23-20)24(15-18-7-4-12-26-18)14-16-5-3-11-22-13-16/h1-3,5-6,8-11,13,18H,4,7,12,14-15H2. The van der Waals surface area contributed by atoms with Gasteiger partial charge in [-0.25, -0.2) is 4.98 Å². The number of hydrogen-bond donors (Lipinski definition) is 0. The zero-order chi connectivity index (χ0) is 17.8. The van der Waals surface area contributed by atoms with Crippen LogP contribution in [0.3, 0.4) is 0 Å². The molecule has 0 spiro atoms. The molecule has 4 rings (SSSR count). The maximum atomic E-state index is 13.2. The van der Waals surface area contributed by atoms with Crippen LogP contribution in [0.25, 0.3) is 10.9 Å². The Hall–Kier alpha value is -2.79. The lowest BCUT2D eigenvalue weighted by Crippen LogP contribution is -2.37. The van der Waals surface area contributed by atoms with Crippen molar-refractivity contribution in [2.75, 3.05) is 13.2 Å². The topological polar surface area (TPSA) is 55.3 Å². The summed E-state index contributed by atoms with van der Waals surface area (Å²) in [7, 11) is 0. The number of aromatic nitrogens is 2. The molecule has 1 aliphatic rings. The number of nitrogens with zero attached hydrogens (tertiary/aromatic N) is 3. The number of pyridine rings is 2. The summed E-state index contributed by atoms with van der Waals surface area (Å²) in [5.74, 6) is -0.0740. The molecule has 0 saturated carbocycles. The van der Waals surface area contributed by atoms with Gasteiger partial charge in [-0.2, -0.15) is 0 Å². The van der Waals surface area contributed by atoms with Crippen molar-refractivity contribution >= 4 is 16.8 Å². The fourth-order valence-corrected chi connectivity index (χ4v) is 3.31. The van der Waals surface area contributed by atoms with Gasteiger partial charge in [0.2, 0.25) is 0 Å². The largest absolute Gasteiger partial charge is 0.376 e. The van der Waals surface area contributed by atoms with Gasteiger partial charge in [0, 0.05) is 37.5 Å². The summed E-state index contributed by atoms with van der Waals surface area (Å²) in [6.07, 6.45) is 5.66. The Morgan fingerprint density at radius 2 is 2.08 bits per heavy atom. The van der Waals surface area contributed by atoms with Crippen molar-refractivity contribution in [3.8, 4) is 0 Å². The maximum Gasteiger partial charge on any atom is 0.272 e. The highest BCUT2D eigenvalue weighted by Gasteiger charge is 2.24. The lowest BCUT2D eigenvalue weighted by molar-refractivity contribution is 0.0503. The molecule has 0 radical (unpaired) electrons. The molecule has 1 amide bonds. The van der Waals surface area contributed by atoms with E-state index >= 15 is 0 Å². The average molecular weight is 347 g/mol. The van der Waals surface area contributed by atoms with E-state index in [1.165, 1.54) is 0 Å². The van der Waals surface area contributed by atoms with Crippen molar-refractivity contribution in [3.05, 3.63) is 72.2 Å². The number of rotatable bonds is 5. The minimum atomic E-state index is -0.0740. The van der Waals surface area contributed by atoms with Crippen LogP contribution in [0.2, 0.25) is 0 Å². The predicted molar refractivity (Wildman–Crippen MR) is 99.7 cm³/mol. The van der Waals surface area contributed by atoms with Gasteiger partial charge in [0.25, 0.3) is 5.91 Å². The van der Waals surface area contributed by atoms with Crippen LogP contribution in [0, 0.1) is 0 Å². The molecule has 0 bridgehead atoms. The third-order valence-corrected chi connectivity index (χ3v) is 4.65. The molecular formula is C21H21N3O2. The molecule has 1 aromatic carbocycles. The van der Waals surface area contributed by atoms with Gasteiger partial charge in [-0.1, -0.05) is 30.3 Å². The van der Waals surface area contributed by atoms with Crippen LogP contribution in [0.1, 0.15) is 28.9 Å².